The highest BCUT2D eigenvalue weighted by atomic mass is 16.3. The van der Waals surface area contributed by atoms with E-state index < -0.39 is 0 Å². The van der Waals surface area contributed by atoms with Crippen LogP contribution in [0, 0.1) is 0 Å². The van der Waals surface area contributed by atoms with E-state index in [4.69, 9.17) is 10.2 Å². The van der Waals surface area contributed by atoms with Gasteiger partial charge in [-0.25, -0.2) is 0 Å². The first-order valence-electron chi connectivity index (χ1n) is 7.62. The number of guanidine groups is 1. The minimum absolute atomic E-state index is 0.201. The number of aliphatic imine (C=N–C) groups is 1. The highest BCUT2D eigenvalue weighted by molar-refractivity contribution is 5.77. The number of hydrogen-bond donors (Lipinski definition) is 2. The molecule has 1 aromatic rings. The lowest BCUT2D eigenvalue weighted by atomic mass is 10.1. The molecule has 0 radical (unpaired) electrons. The molecule has 1 atom stereocenters. The molecule has 0 amide bonds. The van der Waals surface area contributed by atoms with Crippen LogP contribution in [0.1, 0.15) is 44.4 Å². The lowest BCUT2D eigenvalue weighted by Gasteiger charge is -2.32. The van der Waals surface area contributed by atoms with Crippen LogP contribution in [0.5, 0.6) is 0 Å². The molecule has 20 heavy (non-hydrogen) atoms. The third kappa shape index (κ3) is 4.27. The fourth-order valence-electron chi connectivity index (χ4n) is 2.59. The maximum atomic E-state index is 5.88. The Morgan fingerprint density at radius 2 is 2.25 bits per heavy atom. The molecule has 1 unspecified atom stereocenters. The molecule has 0 saturated carbocycles. The fraction of sp³-hybridized carbons (Fsp3) is 0.667. The zero-order valence-corrected chi connectivity index (χ0v) is 12.3. The van der Waals surface area contributed by atoms with Gasteiger partial charge in [-0.15, -0.1) is 0 Å². The van der Waals surface area contributed by atoms with E-state index in [0.717, 1.165) is 31.8 Å². The molecular formula is C15H26N4O. The quantitative estimate of drug-likeness (QED) is 0.618. The van der Waals surface area contributed by atoms with Gasteiger partial charge in [-0.05, 0) is 44.5 Å². The summed E-state index contributed by atoms with van der Waals surface area (Å²) < 4.78 is 5.59. The van der Waals surface area contributed by atoms with Crippen molar-refractivity contribution < 1.29 is 4.42 Å². The number of likely N-dealkylation sites (tertiary alicyclic amines) is 1. The highest BCUT2D eigenvalue weighted by Crippen LogP contribution is 2.25. The van der Waals surface area contributed by atoms with Gasteiger partial charge < -0.3 is 15.5 Å². The molecule has 2 rings (SSSR count). The summed E-state index contributed by atoms with van der Waals surface area (Å²) in [6.45, 7) is 5.85. The zero-order chi connectivity index (χ0) is 14.2. The number of hydrogen-bond acceptors (Lipinski definition) is 3. The molecular weight excluding hydrogens is 252 g/mol. The summed E-state index contributed by atoms with van der Waals surface area (Å²) in [5, 5.41) is 3.11. The van der Waals surface area contributed by atoms with E-state index in [-0.39, 0.29) is 6.04 Å². The molecule has 1 aromatic heterocycles. The Morgan fingerprint density at radius 3 is 2.90 bits per heavy atom. The monoisotopic (exact) mass is 278 g/mol. The summed E-state index contributed by atoms with van der Waals surface area (Å²) in [4.78, 5) is 6.93. The van der Waals surface area contributed by atoms with Gasteiger partial charge in [0.05, 0.1) is 18.8 Å². The molecule has 0 aromatic carbocycles. The van der Waals surface area contributed by atoms with Crippen LogP contribution in [-0.2, 0) is 0 Å². The van der Waals surface area contributed by atoms with Gasteiger partial charge in [0.15, 0.2) is 5.96 Å². The largest absolute Gasteiger partial charge is 0.468 e. The number of piperidine rings is 1. The second-order valence-corrected chi connectivity index (χ2v) is 5.28. The highest BCUT2D eigenvalue weighted by Gasteiger charge is 2.24. The van der Waals surface area contributed by atoms with Crippen molar-refractivity contribution in [1.82, 2.24) is 10.2 Å². The van der Waals surface area contributed by atoms with Gasteiger partial charge in [0.2, 0.25) is 0 Å². The van der Waals surface area contributed by atoms with Gasteiger partial charge in [0.25, 0.3) is 0 Å². The third-order valence-electron chi connectivity index (χ3n) is 3.69. The second kappa shape index (κ2) is 7.94. The van der Waals surface area contributed by atoms with E-state index in [9.17, 15) is 0 Å². The Labute approximate surface area is 121 Å². The molecule has 5 nitrogen and oxygen atoms in total. The van der Waals surface area contributed by atoms with Gasteiger partial charge in [0, 0.05) is 6.54 Å². The zero-order valence-electron chi connectivity index (χ0n) is 12.3. The molecule has 112 valence electrons. The van der Waals surface area contributed by atoms with Crippen LogP contribution in [0.25, 0.3) is 0 Å². The van der Waals surface area contributed by atoms with Crippen LogP contribution in [0.3, 0.4) is 0 Å². The van der Waals surface area contributed by atoms with E-state index in [1.165, 1.54) is 19.3 Å². The first-order valence-corrected chi connectivity index (χ1v) is 7.62. The van der Waals surface area contributed by atoms with Gasteiger partial charge >= 0.3 is 0 Å². The maximum Gasteiger partial charge on any atom is 0.188 e. The molecule has 2 heterocycles. The number of furan rings is 1. The molecule has 1 fully saturated rings. The van der Waals surface area contributed by atoms with Crippen molar-refractivity contribution in [3.63, 3.8) is 0 Å². The van der Waals surface area contributed by atoms with Crippen molar-refractivity contribution in [2.75, 3.05) is 26.2 Å². The number of nitrogens with one attached hydrogen (secondary N) is 1. The van der Waals surface area contributed by atoms with Crippen molar-refractivity contribution in [2.24, 2.45) is 10.7 Å². The predicted octanol–water partition coefficient (Wildman–Crippen LogP) is 2.12. The lowest BCUT2D eigenvalue weighted by molar-refractivity contribution is 0.150. The Balaban J connectivity index is 1.99. The predicted molar refractivity (Wildman–Crippen MR) is 81.7 cm³/mol. The summed E-state index contributed by atoms with van der Waals surface area (Å²) in [7, 11) is 0. The summed E-state index contributed by atoms with van der Waals surface area (Å²) in [6, 6.07) is 4.17. The molecule has 1 saturated heterocycles. The SMILES string of the molecule is CCCNC(N)=NCC(c1ccco1)N1CCCCC1. The van der Waals surface area contributed by atoms with Gasteiger partial charge in [0.1, 0.15) is 5.76 Å². The normalized spacial score (nSPS) is 18.9. The van der Waals surface area contributed by atoms with Crippen molar-refractivity contribution in [2.45, 2.75) is 38.6 Å². The van der Waals surface area contributed by atoms with Crippen LogP contribution in [0.2, 0.25) is 0 Å². The molecule has 1 aliphatic heterocycles. The van der Waals surface area contributed by atoms with Crippen molar-refractivity contribution in [3.05, 3.63) is 24.2 Å². The topological polar surface area (TPSA) is 66.8 Å². The maximum absolute atomic E-state index is 5.88. The van der Waals surface area contributed by atoms with Crippen LogP contribution in [0.15, 0.2) is 27.8 Å². The Bertz CT molecular complexity index is 396. The van der Waals surface area contributed by atoms with Crippen molar-refractivity contribution >= 4 is 5.96 Å². The van der Waals surface area contributed by atoms with Crippen LogP contribution in [-0.4, -0.2) is 37.0 Å². The number of nitrogens with two attached hydrogens (primary N) is 1. The minimum Gasteiger partial charge on any atom is -0.468 e. The first kappa shape index (κ1) is 14.9. The Hall–Kier alpha value is -1.49. The van der Waals surface area contributed by atoms with E-state index in [0.29, 0.717) is 12.5 Å². The summed E-state index contributed by atoms with van der Waals surface area (Å²) in [5.41, 5.74) is 5.88. The Kier molecular flexibility index (Phi) is 5.92. The van der Waals surface area contributed by atoms with Crippen LogP contribution in [0.4, 0.5) is 0 Å². The average Bonchev–Trinajstić information content (AvgIpc) is 3.00. The summed E-state index contributed by atoms with van der Waals surface area (Å²) in [5.74, 6) is 1.51. The minimum atomic E-state index is 0.201. The molecule has 0 spiro atoms. The molecule has 3 N–H and O–H groups in total. The molecule has 5 heteroatoms. The fourth-order valence-corrected chi connectivity index (χ4v) is 2.59. The summed E-state index contributed by atoms with van der Waals surface area (Å²) >= 11 is 0. The third-order valence-corrected chi connectivity index (χ3v) is 3.69. The molecule has 1 aliphatic rings. The second-order valence-electron chi connectivity index (χ2n) is 5.28. The van der Waals surface area contributed by atoms with Gasteiger partial charge in [-0.2, -0.15) is 0 Å². The van der Waals surface area contributed by atoms with Crippen LogP contribution >= 0.6 is 0 Å². The van der Waals surface area contributed by atoms with Crippen LogP contribution < -0.4 is 11.1 Å². The van der Waals surface area contributed by atoms with Crippen molar-refractivity contribution in [3.8, 4) is 0 Å². The first-order chi connectivity index (χ1) is 9.81. The average molecular weight is 278 g/mol. The van der Waals surface area contributed by atoms with E-state index in [2.05, 4.69) is 22.1 Å². The standard InChI is InChI=1S/C15H26N4O/c1-2-8-17-15(16)18-12-13(14-7-6-11-20-14)19-9-4-3-5-10-19/h6-7,11,13H,2-5,8-10,12H2,1H3,(H3,16,17,18). The van der Waals surface area contributed by atoms with Gasteiger partial charge in [-0.1, -0.05) is 13.3 Å². The number of rotatable bonds is 6. The van der Waals surface area contributed by atoms with Gasteiger partial charge in [-0.3, -0.25) is 9.89 Å². The smallest absolute Gasteiger partial charge is 0.188 e. The Morgan fingerprint density at radius 1 is 1.45 bits per heavy atom. The number of nitrogens with zero attached hydrogens (tertiary/aromatic N) is 2. The van der Waals surface area contributed by atoms with Crippen molar-refractivity contribution in [1.29, 1.82) is 0 Å². The summed E-state index contributed by atoms with van der Waals surface area (Å²) in [6.07, 6.45) is 6.61. The lowest BCUT2D eigenvalue weighted by Crippen LogP contribution is -2.37. The van der Waals surface area contributed by atoms with E-state index in [1.807, 2.05) is 12.1 Å². The van der Waals surface area contributed by atoms with E-state index >= 15 is 0 Å². The van der Waals surface area contributed by atoms with E-state index in [1.54, 1.807) is 6.26 Å². The molecule has 0 aliphatic carbocycles. The molecule has 0 bridgehead atoms.